The zero-order valence-electron chi connectivity index (χ0n) is 16.2. The molecule has 0 aliphatic heterocycles. The summed E-state index contributed by atoms with van der Waals surface area (Å²) < 4.78 is 11.2. The van der Waals surface area contributed by atoms with Gasteiger partial charge in [-0.05, 0) is 75.6 Å². The second-order valence-electron chi connectivity index (χ2n) is 7.00. The maximum atomic E-state index is 5.59. The first-order valence-corrected chi connectivity index (χ1v) is 9.34. The van der Waals surface area contributed by atoms with Crippen molar-refractivity contribution in [2.24, 2.45) is 0 Å². The minimum atomic E-state index is 0.403. The van der Waals surface area contributed by atoms with Crippen LogP contribution in [0.15, 0.2) is 36.4 Å². The molecule has 0 aromatic heterocycles. The SMILES string of the molecule is Cc1ccc(CCCOCOCCCc2ccc(C)cc2C)c(C)c1. The summed E-state index contributed by atoms with van der Waals surface area (Å²) in [6.45, 7) is 10.5. The van der Waals surface area contributed by atoms with Crippen LogP contribution in [0.4, 0.5) is 0 Å². The molecule has 2 aromatic rings. The van der Waals surface area contributed by atoms with Crippen LogP contribution in [0, 0.1) is 27.7 Å². The molecule has 25 heavy (non-hydrogen) atoms. The first kappa shape index (κ1) is 19.7. The van der Waals surface area contributed by atoms with E-state index in [1.54, 1.807) is 0 Å². The molecule has 0 radical (unpaired) electrons. The van der Waals surface area contributed by atoms with Gasteiger partial charge in [0, 0.05) is 13.2 Å². The Bertz CT molecular complexity index is 604. The van der Waals surface area contributed by atoms with E-state index in [1.807, 2.05) is 0 Å². The van der Waals surface area contributed by atoms with Crippen LogP contribution in [-0.2, 0) is 22.3 Å². The zero-order chi connectivity index (χ0) is 18.1. The standard InChI is InChI=1S/C23H32O2/c1-18-9-11-22(20(3)15-18)7-5-13-24-17-25-14-6-8-23-12-10-19(2)16-21(23)4/h9-12,15-16H,5-8,13-14,17H2,1-4H3. The van der Waals surface area contributed by atoms with Gasteiger partial charge in [0.25, 0.3) is 0 Å². The second-order valence-corrected chi connectivity index (χ2v) is 7.00. The van der Waals surface area contributed by atoms with Crippen LogP contribution in [0.25, 0.3) is 0 Å². The highest BCUT2D eigenvalue weighted by molar-refractivity contribution is 5.31. The van der Waals surface area contributed by atoms with Gasteiger partial charge in [-0.1, -0.05) is 47.5 Å². The highest BCUT2D eigenvalue weighted by Gasteiger charge is 2.00. The predicted molar refractivity (Wildman–Crippen MR) is 105 cm³/mol. The van der Waals surface area contributed by atoms with Crippen LogP contribution in [-0.4, -0.2) is 20.0 Å². The Labute approximate surface area is 153 Å². The first-order chi connectivity index (χ1) is 12.1. The maximum Gasteiger partial charge on any atom is 0.146 e. The van der Waals surface area contributed by atoms with Crippen molar-refractivity contribution < 1.29 is 9.47 Å². The van der Waals surface area contributed by atoms with Crippen molar-refractivity contribution in [1.82, 2.24) is 0 Å². The third kappa shape index (κ3) is 7.01. The smallest absolute Gasteiger partial charge is 0.146 e. The minimum absolute atomic E-state index is 0.403. The van der Waals surface area contributed by atoms with E-state index in [0.29, 0.717) is 6.79 Å². The van der Waals surface area contributed by atoms with Crippen LogP contribution in [0.3, 0.4) is 0 Å². The molecule has 2 rings (SSSR count). The molecule has 0 fully saturated rings. The molecule has 0 unspecified atom stereocenters. The van der Waals surface area contributed by atoms with Gasteiger partial charge in [-0.2, -0.15) is 0 Å². The molecule has 2 heteroatoms. The van der Waals surface area contributed by atoms with E-state index >= 15 is 0 Å². The average Bonchev–Trinajstić information content (AvgIpc) is 2.56. The Morgan fingerprint density at radius 1 is 0.640 bits per heavy atom. The van der Waals surface area contributed by atoms with Crippen molar-refractivity contribution >= 4 is 0 Å². The van der Waals surface area contributed by atoms with E-state index in [9.17, 15) is 0 Å². The number of aryl methyl sites for hydroxylation is 6. The van der Waals surface area contributed by atoms with Crippen molar-refractivity contribution in [3.8, 4) is 0 Å². The summed E-state index contributed by atoms with van der Waals surface area (Å²) in [4.78, 5) is 0. The predicted octanol–water partition coefficient (Wildman–Crippen LogP) is 5.48. The van der Waals surface area contributed by atoms with E-state index in [4.69, 9.17) is 9.47 Å². The first-order valence-electron chi connectivity index (χ1n) is 9.34. The monoisotopic (exact) mass is 340 g/mol. The fourth-order valence-corrected chi connectivity index (χ4v) is 3.16. The van der Waals surface area contributed by atoms with Crippen molar-refractivity contribution in [3.05, 3.63) is 69.8 Å². The molecule has 0 aliphatic carbocycles. The number of benzene rings is 2. The number of rotatable bonds is 10. The van der Waals surface area contributed by atoms with Gasteiger partial charge >= 0.3 is 0 Å². The quantitative estimate of drug-likeness (QED) is 0.421. The third-order valence-electron chi connectivity index (χ3n) is 4.63. The molecule has 2 aromatic carbocycles. The summed E-state index contributed by atoms with van der Waals surface area (Å²) >= 11 is 0. The summed E-state index contributed by atoms with van der Waals surface area (Å²) in [6, 6.07) is 13.3. The van der Waals surface area contributed by atoms with Crippen LogP contribution in [0.5, 0.6) is 0 Å². The van der Waals surface area contributed by atoms with E-state index in [2.05, 4.69) is 64.1 Å². The van der Waals surface area contributed by atoms with E-state index < -0.39 is 0 Å². The zero-order valence-corrected chi connectivity index (χ0v) is 16.2. The van der Waals surface area contributed by atoms with Gasteiger partial charge in [-0.3, -0.25) is 0 Å². The van der Waals surface area contributed by atoms with Crippen molar-refractivity contribution in [1.29, 1.82) is 0 Å². The molecule has 136 valence electrons. The number of hydrogen-bond acceptors (Lipinski definition) is 2. The Hall–Kier alpha value is -1.64. The van der Waals surface area contributed by atoms with Gasteiger partial charge < -0.3 is 9.47 Å². The number of hydrogen-bond donors (Lipinski definition) is 0. The summed E-state index contributed by atoms with van der Waals surface area (Å²) in [7, 11) is 0. The molecular weight excluding hydrogens is 308 g/mol. The summed E-state index contributed by atoms with van der Waals surface area (Å²) in [5.41, 5.74) is 8.25. The topological polar surface area (TPSA) is 18.5 Å². The molecule has 0 atom stereocenters. The summed E-state index contributed by atoms with van der Waals surface area (Å²) in [6.07, 6.45) is 4.21. The highest BCUT2D eigenvalue weighted by atomic mass is 16.7. The molecule has 0 saturated carbocycles. The lowest BCUT2D eigenvalue weighted by Gasteiger charge is -2.09. The number of ether oxygens (including phenoxy) is 2. The van der Waals surface area contributed by atoms with Crippen LogP contribution in [0.2, 0.25) is 0 Å². The van der Waals surface area contributed by atoms with Crippen LogP contribution >= 0.6 is 0 Å². The molecule has 0 heterocycles. The highest BCUT2D eigenvalue weighted by Crippen LogP contribution is 2.13. The van der Waals surface area contributed by atoms with Crippen LogP contribution < -0.4 is 0 Å². The van der Waals surface area contributed by atoms with Gasteiger partial charge in [0.05, 0.1) is 0 Å². The fraction of sp³-hybridized carbons (Fsp3) is 0.478. The fourth-order valence-electron chi connectivity index (χ4n) is 3.16. The Morgan fingerprint density at radius 3 is 1.48 bits per heavy atom. The normalized spacial score (nSPS) is 11.0. The van der Waals surface area contributed by atoms with E-state index in [0.717, 1.165) is 38.9 Å². The molecular formula is C23H32O2. The minimum Gasteiger partial charge on any atom is -0.355 e. The molecule has 0 bridgehead atoms. The molecule has 0 N–H and O–H groups in total. The molecule has 0 aliphatic rings. The Balaban J connectivity index is 1.51. The van der Waals surface area contributed by atoms with Gasteiger partial charge in [-0.15, -0.1) is 0 Å². The lowest BCUT2D eigenvalue weighted by Crippen LogP contribution is -2.05. The molecule has 0 saturated heterocycles. The van der Waals surface area contributed by atoms with Crippen LogP contribution in [0.1, 0.15) is 46.2 Å². The molecule has 0 spiro atoms. The maximum absolute atomic E-state index is 5.59. The van der Waals surface area contributed by atoms with Crippen molar-refractivity contribution in [3.63, 3.8) is 0 Å². The van der Waals surface area contributed by atoms with Gasteiger partial charge in [0.1, 0.15) is 6.79 Å². The van der Waals surface area contributed by atoms with Crippen molar-refractivity contribution in [2.45, 2.75) is 53.4 Å². The van der Waals surface area contributed by atoms with Gasteiger partial charge in [-0.25, -0.2) is 0 Å². The second kappa shape index (κ2) is 10.4. The molecule has 0 amide bonds. The lowest BCUT2D eigenvalue weighted by atomic mass is 10.0. The summed E-state index contributed by atoms with van der Waals surface area (Å²) in [5, 5.41) is 0. The van der Waals surface area contributed by atoms with Gasteiger partial charge in [0.15, 0.2) is 0 Å². The van der Waals surface area contributed by atoms with E-state index in [-0.39, 0.29) is 0 Å². The Morgan fingerprint density at radius 2 is 1.08 bits per heavy atom. The van der Waals surface area contributed by atoms with Crippen molar-refractivity contribution in [2.75, 3.05) is 20.0 Å². The van der Waals surface area contributed by atoms with E-state index in [1.165, 1.54) is 33.4 Å². The summed E-state index contributed by atoms with van der Waals surface area (Å²) in [5.74, 6) is 0. The average molecular weight is 341 g/mol. The van der Waals surface area contributed by atoms with Gasteiger partial charge in [0.2, 0.25) is 0 Å². The Kier molecular flexibility index (Phi) is 8.17. The lowest BCUT2D eigenvalue weighted by molar-refractivity contribution is -0.0547. The largest absolute Gasteiger partial charge is 0.355 e. The third-order valence-corrected chi connectivity index (χ3v) is 4.63. The molecule has 2 nitrogen and oxygen atoms in total.